The van der Waals surface area contributed by atoms with Gasteiger partial charge in [-0.05, 0) is 18.2 Å². The van der Waals surface area contributed by atoms with Crippen LogP contribution in [0.15, 0.2) is 52.1 Å². The Labute approximate surface area is 141 Å². The molecule has 0 amide bonds. The fourth-order valence-electron chi connectivity index (χ4n) is 2.36. The number of aliphatic hydroxyl groups excluding tert-OH is 1. The summed E-state index contributed by atoms with van der Waals surface area (Å²) in [4.78, 5) is 26.8. The van der Waals surface area contributed by atoms with Crippen molar-refractivity contribution in [2.24, 2.45) is 0 Å². The fourth-order valence-corrected chi connectivity index (χ4v) is 2.36. The van der Waals surface area contributed by atoms with Crippen molar-refractivity contribution in [3.05, 3.63) is 69.2 Å². The number of furan rings is 1. The summed E-state index contributed by atoms with van der Waals surface area (Å²) in [5, 5.41) is 21.0. The molecular weight excluding hydrogens is 330 g/mol. The van der Waals surface area contributed by atoms with Crippen LogP contribution in [0.1, 0.15) is 5.76 Å². The van der Waals surface area contributed by atoms with Crippen LogP contribution in [0, 0.1) is 10.1 Å². The number of hydrogen-bond donors (Lipinski definition) is 1. The highest BCUT2D eigenvalue weighted by molar-refractivity contribution is 5.79. The molecule has 1 atom stereocenters. The second kappa shape index (κ2) is 7.24. The van der Waals surface area contributed by atoms with Crippen LogP contribution in [-0.2, 0) is 17.9 Å². The second-order valence-electron chi connectivity index (χ2n) is 5.41. The number of aliphatic hydroxyl groups is 1. The molecular formula is C16H15N3O6. The molecule has 3 rings (SSSR count). The van der Waals surface area contributed by atoms with Crippen molar-refractivity contribution in [1.82, 2.24) is 9.55 Å². The number of aromatic nitrogens is 2. The van der Waals surface area contributed by atoms with E-state index >= 15 is 0 Å². The van der Waals surface area contributed by atoms with E-state index < -0.39 is 16.6 Å². The molecule has 0 bridgehead atoms. The van der Waals surface area contributed by atoms with Crippen LogP contribution in [0.3, 0.4) is 0 Å². The molecule has 0 fully saturated rings. The van der Waals surface area contributed by atoms with Crippen molar-refractivity contribution in [2.45, 2.75) is 19.3 Å². The SMILES string of the molecule is O=c1c2cc([N+](=O)[O-])ccc2ncn1C[C@H](O)COCc1ccco1. The largest absolute Gasteiger partial charge is 0.467 e. The van der Waals surface area contributed by atoms with Gasteiger partial charge in [-0.2, -0.15) is 0 Å². The quantitative estimate of drug-likeness (QED) is 0.508. The topological polar surface area (TPSA) is 121 Å². The summed E-state index contributed by atoms with van der Waals surface area (Å²) in [6, 6.07) is 7.37. The minimum Gasteiger partial charge on any atom is -0.467 e. The molecule has 2 aromatic heterocycles. The number of ether oxygens (including phenoxy) is 1. The van der Waals surface area contributed by atoms with Crippen LogP contribution in [-0.4, -0.2) is 32.3 Å². The smallest absolute Gasteiger partial charge is 0.270 e. The number of nitro benzene ring substituents is 1. The molecule has 0 saturated carbocycles. The average molecular weight is 345 g/mol. The van der Waals surface area contributed by atoms with Gasteiger partial charge in [-0.1, -0.05) is 0 Å². The number of nitrogens with zero attached hydrogens (tertiary/aromatic N) is 3. The molecule has 0 aliphatic heterocycles. The van der Waals surface area contributed by atoms with Gasteiger partial charge >= 0.3 is 0 Å². The average Bonchev–Trinajstić information content (AvgIpc) is 3.10. The Bertz CT molecular complexity index is 935. The second-order valence-corrected chi connectivity index (χ2v) is 5.41. The number of non-ortho nitro benzene ring substituents is 1. The Hall–Kier alpha value is -3.04. The van der Waals surface area contributed by atoms with E-state index in [1.165, 1.54) is 35.4 Å². The third-order valence-electron chi connectivity index (χ3n) is 3.56. The van der Waals surface area contributed by atoms with E-state index in [1.54, 1.807) is 12.1 Å². The summed E-state index contributed by atoms with van der Waals surface area (Å²) in [5.74, 6) is 0.629. The lowest BCUT2D eigenvalue weighted by Crippen LogP contribution is -2.29. The van der Waals surface area contributed by atoms with Gasteiger partial charge in [0, 0.05) is 12.1 Å². The van der Waals surface area contributed by atoms with Gasteiger partial charge in [0.1, 0.15) is 12.4 Å². The maximum absolute atomic E-state index is 12.4. The van der Waals surface area contributed by atoms with Crippen LogP contribution >= 0.6 is 0 Å². The van der Waals surface area contributed by atoms with Crippen LogP contribution < -0.4 is 5.56 Å². The zero-order valence-electron chi connectivity index (χ0n) is 13.1. The zero-order valence-corrected chi connectivity index (χ0v) is 13.1. The van der Waals surface area contributed by atoms with E-state index in [4.69, 9.17) is 9.15 Å². The third-order valence-corrected chi connectivity index (χ3v) is 3.56. The van der Waals surface area contributed by atoms with Gasteiger partial charge in [-0.25, -0.2) is 4.98 Å². The highest BCUT2D eigenvalue weighted by Crippen LogP contribution is 2.16. The van der Waals surface area contributed by atoms with Crippen molar-refractivity contribution in [2.75, 3.05) is 6.61 Å². The van der Waals surface area contributed by atoms with Crippen molar-refractivity contribution in [3.8, 4) is 0 Å². The lowest BCUT2D eigenvalue weighted by atomic mass is 10.2. The number of hydrogen-bond acceptors (Lipinski definition) is 7. The molecule has 0 aliphatic carbocycles. The highest BCUT2D eigenvalue weighted by Gasteiger charge is 2.13. The number of fused-ring (bicyclic) bond motifs is 1. The van der Waals surface area contributed by atoms with Crippen molar-refractivity contribution >= 4 is 16.6 Å². The van der Waals surface area contributed by atoms with Gasteiger partial charge in [-0.3, -0.25) is 19.5 Å². The van der Waals surface area contributed by atoms with Gasteiger partial charge in [0.05, 0.1) is 47.7 Å². The Balaban J connectivity index is 1.71. The van der Waals surface area contributed by atoms with Crippen LogP contribution in [0.2, 0.25) is 0 Å². The standard InChI is InChI=1S/C16H15N3O6/c20-12(8-24-9-13-2-1-5-25-13)7-18-10-17-15-4-3-11(19(22)23)6-14(15)16(18)21/h1-6,10,12,20H,7-9H2/t12-/m0/s1. The normalized spacial score (nSPS) is 12.4. The molecule has 0 saturated heterocycles. The van der Waals surface area contributed by atoms with E-state index in [0.29, 0.717) is 11.3 Å². The highest BCUT2D eigenvalue weighted by atomic mass is 16.6. The van der Waals surface area contributed by atoms with E-state index in [1.807, 2.05) is 0 Å². The first-order valence-electron chi connectivity index (χ1n) is 7.46. The predicted octanol–water partition coefficient (Wildman–Crippen LogP) is 1.48. The van der Waals surface area contributed by atoms with Gasteiger partial charge in [-0.15, -0.1) is 0 Å². The monoisotopic (exact) mass is 345 g/mol. The number of benzene rings is 1. The fraction of sp³-hybridized carbons (Fsp3) is 0.250. The van der Waals surface area contributed by atoms with E-state index in [-0.39, 0.29) is 30.8 Å². The number of nitro groups is 1. The van der Waals surface area contributed by atoms with Gasteiger partial charge in [0.15, 0.2) is 0 Å². The van der Waals surface area contributed by atoms with Gasteiger partial charge in [0.2, 0.25) is 0 Å². The maximum Gasteiger partial charge on any atom is 0.270 e. The summed E-state index contributed by atoms with van der Waals surface area (Å²) in [7, 11) is 0. The van der Waals surface area contributed by atoms with Crippen LogP contribution in [0.4, 0.5) is 5.69 Å². The Morgan fingerprint density at radius 3 is 2.96 bits per heavy atom. The Morgan fingerprint density at radius 2 is 2.24 bits per heavy atom. The predicted molar refractivity (Wildman–Crippen MR) is 87.0 cm³/mol. The number of rotatable bonds is 7. The molecule has 2 heterocycles. The molecule has 0 radical (unpaired) electrons. The van der Waals surface area contributed by atoms with E-state index in [9.17, 15) is 20.0 Å². The minimum atomic E-state index is -0.939. The summed E-state index contributed by atoms with van der Waals surface area (Å²) in [5.41, 5.74) is -0.291. The summed E-state index contributed by atoms with van der Waals surface area (Å²) >= 11 is 0. The zero-order chi connectivity index (χ0) is 17.8. The van der Waals surface area contributed by atoms with Crippen molar-refractivity contribution in [3.63, 3.8) is 0 Å². The first-order valence-corrected chi connectivity index (χ1v) is 7.46. The third kappa shape index (κ3) is 3.90. The molecule has 25 heavy (non-hydrogen) atoms. The molecule has 0 aliphatic rings. The van der Waals surface area contributed by atoms with E-state index in [2.05, 4.69) is 4.98 Å². The maximum atomic E-state index is 12.4. The van der Waals surface area contributed by atoms with E-state index in [0.717, 1.165) is 0 Å². The molecule has 130 valence electrons. The minimum absolute atomic E-state index is 0.000114. The Kier molecular flexibility index (Phi) is 4.87. The molecule has 9 nitrogen and oxygen atoms in total. The van der Waals surface area contributed by atoms with Crippen molar-refractivity contribution < 1.29 is 19.2 Å². The molecule has 1 N–H and O–H groups in total. The van der Waals surface area contributed by atoms with Crippen molar-refractivity contribution in [1.29, 1.82) is 0 Å². The molecule has 0 spiro atoms. The summed E-state index contributed by atoms with van der Waals surface area (Å²) in [6.45, 7) is 0.170. The molecule has 0 unspecified atom stereocenters. The summed E-state index contributed by atoms with van der Waals surface area (Å²) < 4.78 is 11.6. The molecule has 9 heteroatoms. The van der Waals surface area contributed by atoms with Crippen LogP contribution in [0.25, 0.3) is 10.9 Å². The van der Waals surface area contributed by atoms with Crippen LogP contribution in [0.5, 0.6) is 0 Å². The van der Waals surface area contributed by atoms with Gasteiger partial charge < -0.3 is 14.3 Å². The Morgan fingerprint density at radius 1 is 1.40 bits per heavy atom. The first kappa shape index (κ1) is 16.8. The lowest BCUT2D eigenvalue weighted by molar-refractivity contribution is -0.384. The molecule has 3 aromatic rings. The first-order chi connectivity index (χ1) is 12.0. The molecule has 1 aromatic carbocycles. The summed E-state index contributed by atoms with van der Waals surface area (Å²) in [6.07, 6.45) is 1.88. The lowest BCUT2D eigenvalue weighted by Gasteiger charge is -2.12. The van der Waals surface area contributed by atoms with Gasteiger partial charge in [0.25, 0.3) is 11.2 Å².